The number of para-hydroxylation sites is 3. The maximum atomic E-state index is 2.50. The lowest BCUT2D eigenvalue weighted by molar-refractivity contribution is 0.575. The summed E-state index contributed by atoms with van der Waals surface area (Å²) in [6.07, 6.45) is 0. The molecule has 50 heavy (non-hydrogen) atoms. The first-order valence-corrected chi connectivity index (χ1v) is 18.6. The van der Waals surface area contributed by atoms with Gasteiger partial charge < -0.3 is 0 Å². The molecule has 1 aliphatic heterocycles. The van der Waals surface area contributed by atoms with Gasteiger partial charge in [-0.2, -0.15) is 0 Å². The number of benzene rings is 6. The Morgan fingerprint density at radius 2 is 1.02 bits per heavy atom. The number of hydrogen-bond donors (Lipinski definition) is 0. The maximum absolute atomic E-state index is 2.50. The van der Waals surface area contributed by atoms with E-state index in [1.54, 1.807) is 0 Å². The summed E-state index contributed by atoms with van der Waals surface area (Å²) in [5, 5.41) is 3.84. The Kier molecular flexibility index (Phi) is 7.02. The Morgan fingerprint density at radius 3 is 1.66 bits per heavy atom. The molecule has 0 amide bonds. The molecular weight excluding hydrogens is 623 g/mol. The number of fused-ring (bicyclic) bond motifs is 7. The Morgan fingerprint density at radius 1 is 0.480 bits per heavy atom. The van der Waals surface area contributed by atoms with Crippen LogP contribution < -0.4 is 16.4 Å². The minimum absolute atomic E-state index is 0.00323. The fraction of sp³-hybridized carbons (Fsp3) is 0.174. The summed E-state index contributed by atoms with van der Waals surface area (Å²) in [5.41, 5.74) is 13.1. The molecular formula is C46H41BN2S. The fourth-order valence-corrected chi connectivity index (χ4v) is 9.55. The molecule has 0 bridgehead atoms. The molecule has 3 heterocycles. The summed E-state index contributed by atoms with van der Waals surface area (Å²) >= 11 is 1.92. The third kappa shape index (κ3) is 4.72. The fourth-order valence-electron chi connectivity index (χ4n) is 8.38. The van der Waals surface area contributed by atoms with Crippen LogP contribution in [0.4, 0.5) is 0 Å². The molecule has 0 spiro atoms. The van der Waals surface area contributed by atoms with Crippen molar-refractivity contribution >= 4 is 67.7 Å². The van der Waals surface area contributed by atoms with Crippen molar-refractivity contribution in [2.75, 3.05) is 0 Å². The van der Waals surface area contributed by atoms with Crippen molar-refractivity contribution in [3.05, 3.63) is 151 Å². The summed E-state index contributed by atoms with van der Waals surface area (Å²) in [4.78, 5) is 2.66. The molecule has 0 unspecified atom stereocenters. The number of nitrogens with zero attached hydrogens (tertiary/aromatic N) is 2. The third-order valence-corrected chi connectivity index (χ3v) is 11.7. The van der Waals surface area contributed by atoms with E-state index in [1.807, 2.05) is 11.8 Å². The molecule has 0 saturated carbocycles. The van der Waals surface area contributed by atoms with Gasteiger partial charge in [0.25, 0.3) is 0 Å². The Balaban J connectivity index is 1.35. The summed E-state index contributed by atoms with van der Waals surface area (Å²) < 4.78 is 4.95. The molecule has 4 heteroatoms. The molecule has 0 N–H and O–H groups in total. The standard InChI is InChI=1S/C46H41BN2S/c1-45(2,3)34-21-16-22-35(46(4,5)6)43(34)47-36-23-12-15-26-40(36)50-41-29-31(27-28-37(41)47)49-39-25-14-11-20-33(39)42-32-19-10-13-24-38(32)48(44(42)49)30-17-8-7-9-18-30/h7-29H,1-6H3. The largest absolute Gasteiger partial charge is 0.295 e. The van der Waals surface area contributed by atoms with Crippen molar-refractivity contribution in [3.8, 4) is 11.4 Å². The lowest BCUT2D eigenvalue weighted by Crippen LogP contribution is -2.59. The van der Waals surface area contributed by atoms with Crippen molar-refractivity contribution in [2.45, 2.75) is 62.2 Å². The quantitative estimate of drug-likeness (QED) is 0.171. The average Bonchev–Trinajstić information content (AvgIpc) is 3.62. The highest BCUT2D eigenvalue weighted by molar-refractivity contribution is 8.00. The summed E-state index contributed by atoms with van der Waals surface area (Å²) in [6.45, 7) is 14.3. The predicted molar refractivity (Wildman–Crippen MR) is 217 cm³/mol. The van der Waals surface area contributed by atoms with E-state index in [-0.39, 0.29) is 17.5 Å². The molecule has 0 radical (unpaired) electrons. The topological polar surface area (TPSA) is 9.86 Å². The molecule has 1 aliphatic rings. The van der Waals surface area contributed by atoms with E-state index in [0.717, 1.165) is 5.69 Å². The van der Waals surface area contributed by atoms with Gasteiger partial charge in [-0.1, -0.05) is 167 Å². The SMILES string of the molecule is CC(C)(C)c1cccc(C(C)(C)C)c1B1c2ccccc2Sc2cc(-n3c4ccccc4c4c5ccccc5n(-c5ccccc5)c43)ccc21. The predicted octanol–water partition coefficient (Wildman–Crippen LogP) is 10.3. The van der Waals surface area contributed by atoms with E-state index in [9.17, 15) is 0 Å². The summed E-state index contributed by atoms with van der Waals surface area (Å²) in [6, 6.07) is 51.9. The molecule has 2 nitrogen and oxygen atoms in total. The molecule has 0 aliphatic carbocycles. The van der Waals surface area contributed by atoms with Crippen LogP contribution in [0.3, 0.4) is 0 Å². The van der Waals surface area contributed by atoms with Gasteiger partial charge in [-0.05, 0) is 64.4 Å². The monoisotopic (exact) mass is 664 g/mol. The number of rotatable bonds is 3. The van der Waals surface area contributed by atoms with Gasteiger partial charge in [0.2, 0.25) is 6.71 Å². The van der Waals surface area contributed by atoms with Gasteiger partial charge in [0.1, 0.15) is 5.65 Å². The van der Waals surface area contributed by atoms with E-state index in [1.165, 1.54) is 75.8 Å². The normalized spacial score (nSPS) is 13.3. The van der Waals surface area contributed by atoms with Crippen LogP contribution in [0.25, 0.3) is 44.2 Å². The minimum Gasteiger partial charge on any atom is -0.295 e. The first-order valence-electron chi connectivity index (χ1n) is 17.7. The van der Waals surface area contributed by atoms with Gasteiger partial charge in [0, 0.05) is 37.3 Å². The Labute approximate surface area is 299 Å². The average molecular weight is 665 g/mol. The molecule has 8 aromatic rings. The van der Waals surface area contributed by atoms with Crippen LogP contribution in [0.5, 0.6) is 0 Å². The lowest BCUT2D eigenvalue weighted by Gasteiger charge is -2.36. The Bertz CT molecular complexity index is 2560. The molecule has 9 rings (SSSR count). The van der Waals surface area contributed by atoms with Crippen LogP contribution in [0, 0.1) is 0 Å². The number of aromatic nitrogens is 2. The van der Waals surface area contributed by atoms with Gasteiger partial charge in [-0.25, -0.2) is 0 Å². The van der Waals surface area contributed by atoms with Crippen LogP contribution in [-0.2, 0) is 10.8 Å². The highest BCUT2D eigenvalue weighted by Crippen LogP contribution is 2.42. The van der Waals surface area contributed by atoms with Crippen LogP contribution in [0.2, 0.25) is 0 Å². The lowest BCUT2D eigenvalue weighted by atomic mass is 9.34. The van der Waals surface area contributed by atoms with Crippen molar-refractivity contribution in [2.24, 2.45) is 0 Å². The van der Waals surface area contributed by atoms with Crippen LogP contribution >= 0.6 is 11.8 Å². The van der Waals surface area contributed by atoms with E-state index in [4.69, 9.17) is 0 Å². The van der Waals surface area contributed by atoms with E-state index < -0.39 is 0 Å². The highest BCUT2D eigenvalue weighted by atomic mass is 32.2. The van der Waals surface area contributed by atoms with Gasteiger partial charge in [-0.3, -0.25) is 9.13 Å². The number of hydrogen-bond acceptors (Lipinski definition) is 1. The second-order valence-electron chi connectivity index (χ2n) is 15.8. The zero-order valence-electron chi connectivity index (χ0n) is 29.7. The van der Waals surface area contributed by atoms with E-state index in [0.29, 0.717) is 0 Å². The zero-order valence-corrected chi connectivity index (χ0v) is 30.5. The first kappa shape index (κ1) is 31.1. The van der Waals surface area contributed by atoms with Crippen LogP contribution in [0.1, 0.15) is 52.7 Å². The third-order valence-electron chi connectivity index (χ3n) is 10.5. The minimum atomic E-state index is -0.00323. The molecule has 0 saturated heterocycles. The second kappa shape index (κ2) is 11.3. The van der Waals surface area contributed by atoms with Crippen molar-refractivity contribution < 1.29 is 0 Å². The molecule has 0 fully saturated rings. The maximum Gasteiger partial charge on any atom is 0.244 e. The second-order valence-corrected chi connectivity index (χ2v) is 16.9. The van der Waals surface area contributed by atoms with Crippen molar-refractivity contribution in [1.82, 2.24) is 9.13 Å². The zero-order chi connectivity index (χ0) is 34.4. The van der Waals surface area contributed by atoms with E-state index >= 15 is 0 Å². The highest BCUT2D eigenvalue weighted by Gasteiger charge is 2.38. The van der Waals surface area contributed by atoms with Gasteiger partial charge >= 0.3 is 0 Å². The summed E-state index contributed by atoms with van der Waals surface area (Å²) in [7, 11) is 0. The molecule has 0 atom stereocenters. The first-order chi connectivity index (χ1) is 24.1. The molecule has 6 aromatic carbocycles. The molecule has 244 valence electrons. The van der Waals surface area contributed by atoms with Gasteiger partial charge in [0.15, 0.2) is 0 Å². The van der Waals surface area contributed by atoms with Gasteiger partial charge in [-0.15, -0.1) is 0 Å². The molecule has 2 aromatic heterocycles. The summed E-state index contributed by atoms with van der Waals surface area (Å²) in [5.74, 6) is 0. The van der Waals surface area contributed by atoms with Crippen molar-refractivity contribution in [3.63, 3.8) is 0 Å². The van der Waals surface area contributed by atoms with E-state index in [2.05, 4.69) is 190 Å². The van der Waals surface area contributed by atoms with Gasteiger partial charge in [0.05, 0.1) is 11.0 Å². The Hall–Kier alpha value is -4.93. The van der Waals surface area contributed by atoms with Crippen LogP contribution in [-0.4, -0.2) is 15.8 Å². The van der Waals surface area contributed by atoms with Crippen LogP contribution in [0.15, 0.2) is 149 Å². The smallest absolute Gasteiger partial charge is 0.244 e. The van der Waals surface area contributed by atoms with Crippen molar-refractivity contribution in [1.29, 1.82) is 0 Å².